The van der Waals surface area contributed by atoms with Gasteiger partial charge >= 0.3 is 6.09 Å². The number of amides is 1. The number of halogens is 1. The summed E-state index contributed by atoms with van der Waals surface area (Å²) < 4.78 is 7.70. The van der Waals surface area contributed by atoms with E-state index in [1.54, 1.807) is 4.90 Å². The van der Waals surface area contributed by atoms with E-state index in [0.717, 1.165) is 36.3 Å². The molecule has 7 heteroatoms. The van der Waals surface area contributed by atoms with E-state index in [2.05, 4.69) is 75.1 Å². The van der Waals surface area contributed by atoms with Crippen LogP contribution in [0.4, 0.5) is 4.79 Å². The van der Waals surface area contributed by atoms with Gasteiger partial charge in [0.05, 0.1) is 6.33 Å². The van der Waals surface area contributed by atoms with Crippen molar-refractivity contribution in [1.82, 2.24) is 19.4 Å². The zero-order valence-corrected chi connectivity index (χ0v) is 23.5. The molecule has 0 aliphatic carbocycles. The molecule has 202 valence electrons. The van der Waals surface area contributed by atoms with E-state index < -0.39 is 11.1 Å². The van der Waals surface area contributed by atoms with Gasteiger partial charge in [-0.2, -0.15) is 0 Å². The third-order valence-corrected chi connectivity index (χ3v) is 7.40. The van der Waals surface area contributed by atoms with Gasteiger partial charge in [0.1, 0.15) is 11.1 Å². The summed E-state index contributed by atoms with van der Waals surface area (Å²) in [4.78, 5) is 21.0. The molecule has 5 rings (SSSR count). The molecule has 6 nitrogen and oxygen atoms in total. The van der Waals surface area contributed by atoms with Crippen molar-refractivity contribution in [2.45, 2.75) is 38.5 Å². The number of carbonyl (C=O) groups is 1. The Hall–Kier alpha value is -3.61. The highest BCUT2D eigenvalue weighted by molar-refractivity contribution is 6.30. The zero-order chi connectivity index (χ0) is 27.5. The second-order valence-electron chi connectivity index (χ2n) is 11.0. The highest BCUT2D eigenvalue weighted by Crippen LogP contribution is 2.41. The fraction of sp³-hybridized carbons (Fsp3) is 0.312. The lowest BCUT2D eigenvalue weighted by atomic mass is 9.76. The topological polar surface area (TPSA) is 50.6 Å². The summed E-state index contributed by atoms with van der Waals surface area (Å²) in [6.45, 7) is 9.49. The average Bonchev–Trinajstić information content (AvgIpc) is 3.46. The van der Waals surface area contributed by atoms with Crippen molar-refractivity contribution >= 4 is 17.7 Å². The van der Waals surface area contributed by atoms with Gasteiger partial charge in [-0.25, -0.2) is 9.78 Å². The van der Waals surface area contributed by atoms with Crippen LogP contribution in [0.3, 0.4) is 0 Å². The minimum Gasteiger partial charge on any atom is -0.444 e. The summed E-state index contributed by atoms with van der Waals surface area (Å²) in [6, 6.07) is 27.4. The highest BCUT2D eigenvalue weighted by atomic mass is 35.5. The third kappa shape index (κ3) is 5.87. The minimum atomic E-state index is -0.611. The van der Waals surface area contributed by atoms with E-state index in [1.807, 2.05) is 57.7 Å². The van der Waals surface area contributed by atoms with Crippen molar-refractivity contribution in [3.63, 3.8) is 0 Å². The van der Waals surface area contributed by atoms with E-state index in [1.165, 1.54) is 5.56 Å². The Kier molecular flexibility index (Phi) is 7.78. The zero-order valence-electron chi connectivity index (χ0n) is 22.8. The molecular weight excluding hydrogens is 508 g/mol. The Morgan fingerprint density at radius 2 is 1.44 bits per heavy atom. The summed E-state index contributed by atoms with van der Waals surface area (Å²) >= 11 is 6.29. The first-order valence-electron chi connectivity index (χ1n) is 13.4. The summed E-state index contributed by atoms with van der Waals surface area (Å²) in [7, 11) is 0. The molecule has 1 aromatic heterocycles. The molecular formula is C32H35ClN4O2. The normalized spacial score (nSPS) is 16.1. The SMILES string of the molecule is CC(C)(C)OC(=O)N1CCN(Cc2ccc(C(c3ccccc3)(c3ccc(Cl)cc3)n3ccnc3)cc2)CC1. The quantitative estimate of drug-likeness (QED) is 0.263. The van der Waals surface area contributed by atoms with Gasteiger partial charge in [-0.3, -0.25) is 4.90 Å². The monoisotopic (exact) mass is 542 g/mol. The smallest absolute Gasteiger partial charge is 0.410 e. The van der Waals surface area contributed by atoms with Crippen LogP contribution in [0.1, 0.15) is 43.0 Å². The lowest BCUT2D eigenvalue weighted by Gasteiger charge is -2.38. The minimum absolute atomic E-state index is 0.231. The fourth-order valence-electron chi connectivity index (χ4n) is 5.30. The van der Waals surface area contributed by atoms with Crippen LogP contribution in [0.2, 0.25) is 5.02 Å². The molecule has 1 aliphatic rings. The number of hydrogen-bond donors (Lipinski definition) is 0. The van der Waals surface area contributed by atoms with Crippen LogP contribution in [0.5, 0.6) is 0 Å². The molecule has 39 heavy (non-hydrogen) atoms. The van der Waals surface area contributed by atoms with Crippen molar-refractivity contribution in [2.75, 3.05) is 26.2 Å². The van der Waals surface area contributed by atoms with E-state index in [9.17, 15) is 4.79 Å². The van der Waals surface area contributed by atoms with Crippen LogP contribution in [-0.2, 0) is 16.8 Å². The van der Waals surface area contributed by atoms with Crippen LogP contribution in [0, 0.1) is 0 Å². The van der Waals surface area contributed by atoms with Crippen LogP contribution >= 0.6 is 11.6 Å². The molecule has 0 bridgehead atoms. The molecule has 1 saturated heterocycles. The van der Waals surface area contributed by atoms with Crippen molar-refractivity contribution in [1.29, 1.82) is 0 Å². The molecule has 3 aromatic carbocycles. The summed E-state index contributed by atoms with van der Waals surface area (Å²) in [5.41, 5.74) is 3.51. The van der Waals surface area contributed by atoms with Crippen molar-refractivity contribution in [2.24, 2.45) is 0 Å². The van der Waals surface area contributed by atoms with E-state index in [-0.39, 0.29) is 6.09 Å². The second kappa shape index (κ2) is 11.2. The first-order chi connectivity index (χ1) is 18.8. The molecule has 1 fully saturated rings. The van der Waals surface area contributed by atoms with Gasteiger partial charge in [-0.15, -0.1) is 0 Å². The predicted molar refractivity (Wildman–Crippen MR) is 155 cm³/mol. The lowest BCUT2D eigenvalue weighted by molar-refractivity contribution is 0.0139. The first kappa shape index (κ1) is 27.0. The second-order valence-corrected chi connectivity index (χ2v) is 11.4. The standard InChI is InChI=1S/C32H35ClN4O2/c1-31(2,3)39-30(38)36-21-19-35(20-22-36)23-25-9-11-27(12-10-25)32(37-18-17-34-24-37,26-7-5-4-6-8-26)28-13-15-29(33)16-14-28/h4-18,24H,19-23H2,1-3H3. The van der Waals surface area contributed by atoms with Crippen molar-refractivity contribution < 1.29 is 9.53 Å². The van der Waals surface area contributed by atoms with E-state index >= 15 is 0 Å². The number of aromatic nitrogens is 2. The average molecular weight is 543 g/mol. The number of benzene rings is 3. The largest absolute Gasteiger partial charge is 0.444 e. The van der Waals surface area contributed by atoms with Gasteiger partial charge in [0.2, 0.25) is 0 Å². The molecule has 1 atom stereocenters. The molecule has 0 radical (unpaired) electrons. The number of ether oxygens (including phenoxy) is 1. The molecule has 0 N–H and O–H groups in total. The van der Waals surface area contributed by atoms with Crippen LogP contribution < -0.4 is 0 Å². The molecule has 1 aliphatic heterocycles. The van der Waals surface area contributed by atoms with Crippen LogP contribution in [0.25, 0.3) is 0 Å². The van der Waals surface area contributed by atoms with Gasteiger partial charge in [0.15, 0.2) is 0 Å². The lowest BCUT2D eigenvalue weighted by Crippen LogP contribution is -2.49. The van der Waals surface area contributed by atoms with Gasteiger partial charge in [0.25, 0.3) is 0 Å². The third-order valence-electron chi connectivity index (χ3n) is 7.15. The van der Waals surface area contributed by atoms with Crippen molar-refractivity contribution in [3.8, 4) is 0 Å². The Morgan fingerprint density at radius 1 is 0.846 bits per heavy atom. The maximum absolute atomic E-state index is 12.4. The maximum atomic E-state index is 12.4. The summed E-state index contributed by atoms with van der Waals surface area (Å²) in [6.07, 6.45) is 5.48. The Bertz CT molecular complexity index is 1360. The molecule has 0 saturated carbocycles. The number of carbonyl (C=O) groups excluding carboxylic acids is 1. The summed E-state index contributed by atoms with van der Waals surface area (Å²) in [5.74, 6) is 0. The van der Waals surface area contributed by atoms with Gasteiger partial charge in [0, 0.05) is 50.1 Å². The van der Waals surface area contributed by atoms with Crippen molar-refractivity contribution in [3.05, 3.63) is 125 Å². The number of hydrogen-bond acceptors (Lipinski definition) is 4. The highest BCUT2D eigenvalue weighted by Gasteiger charge is 2.38. The molecule has 0 spiro atoms. The first-order valence-corrected chi connectivity index (χ1v) is 13.7. The summed E-state index contributed by atoms with van der Waals surface area (Å²) in [5, 5.41) is 0.702. The number of nitrogens with zero attached hydrogens (tertiary/aromatic N) is 4. The van der Waals surface area contributed by atoms with E-state index in [0.29, 0.717) is 18.1 Å². The van der Waals surface area contributed by atoms with Crippen LogP contribution in [0.15, 0.2) is 97.6 Å². The predicted octanol–water partition coefficient (Wildman–Crippen LogP) is 6.43. The van der Waals surface area contributed by atoms with E-state index in [4.69, 9.17) is 16.3 Å². The van der Waals surface area contributed by atoms with Gasteiger partial charge < -0.3 is 14.2 Å². The number of rotatable bonds is 6. The van der Waals surface area contributed by atoms with Crippen LogP contribution in [-0.4, -0.2) is 57.2 Å². The van der Waals surface area contributed by atoms with Gasteiger partial charge in [-0.1, -0.05) is 78.3 Å². The molecule has 1 unspecified atom stereocenters. The number of piperazine rings is 1. The Balaban J connectivity index is 1.41. The molecule has 1 amide bonds. The fourth-order valence-corrected chi connectivity index (χ4v) is 5.43. The molecule has 2 heterocycles. The number of imidazole rings is 1. The molecule has 4 aromatic rings. The Labute approximate surface area is 235 Å². The maximum Gasteiger partial charge on any atom is 0.410 e. The van der Waals surface area contributed by atoms with Gasteiger partial charge in [-0.05, 0) is 55.2 Å². The Morgan fingerprint density at radius 3 is 2.00 bits per heavy atom.